The lowest BCUT2D eigenvalue weighted by Crippen LogP contribution is -2.51. The molecule has 3 saturated carbocycles. The lowest BCUT2D eigenvalue weighted by molar-refractivity contribution is -0.152. The first-order chi connectivity index (χ1) is 11.4. The first-order valence-corrected chi connectivity index (χ1v) is 9.72. The molecule has 0 unspecified atom stereocenters. The smallest absolute Gasteiger partial charge is 0.309 e. The largest absolute Gasteiger partial charge is 0.469 e. The van der Waals surface area contributed by atoms with Crippen molar-refractivity contribution in [2.24, 2.45) is 34.5 Å². The second kappa shape index (κ2) is 5.44. The number of hydrogen-bond acceptors (Lipinski definition) is 3. The van der Waals surface area contributed by atoms with Gasteiger partial charge in [-0.2, -0.15) is 0 Å². The van der Waals surface area contributed by atoms with Gasteiger partial charge in [-0.15, -0.1) is 0 Å². The van der Waals surface area contributed by atoms with E-state index >= 15 is 0 Å². The van der Waals surface area contributed by atoms with E-state index in [-0.39, 0.29) is 22.7 Å². The number of carbonyl (C=O) groups excluding carboxylic acids is 2. The van der Waals surface area contributed by atoms with Crippen LogP contribution >= 0.6 is 0 Å². The van der Waals surface area contributed by atoms with Gasteiger partial charge in [0.05, 0.1) is 13.0 Å². The molecule has 24 heavy (non-hydrogen) atoms. The van der Waals surface area contributed by atoms with E-state index in [9.17, 15) is 9.59 Å². The molecule has 4 aliphatic rings. The number of rotatable bonds is 1. The zero-order chi connectivity index (χ0) is 17.1. The van der Waals surface area contributed by atoms with Gasteiger partial charge in [0.2, 0.25) is 0 Å². The maximum Gasteiger partial charge on any atom is 0.309 e. The predicted molar refractivity (Wildman–Crippen MR) is 92.2 cm³/mol. The summed E-state index contributed by atoms with van der Waals surface area (Å²) >= 11 is 0. The van der Waals surface area contributed by atoms with Crippen LogP contribution in [0.2, 0.25) is 0 Å². The van der Waals surface area contributed by atoms with E-state index in [0.717, 1.165) is 32.1 Å². The summed E-state index contributed by atoms with van der Waals surface area (Å²) in [5.41, 5.74) is 1.77. The Labute approximate surface area is 145 Å². The fourth-order valence-corrected chi connectivity index (χ4v) is 7.09. The highest BCUT2D eigenvalue weighted by molar-refractivity contribution is 5.91. The van der Waals surface area contributed by atoms with Gasteiger partial charge in [0.15, 0.2) is 5.78 Å². The van der Waals surface area contributed by atoms with Crippen LogP contribution in [0.5, 0.6) is 0 Å². The quantitative estimate of drug-likeness (QED) is 0.673. The number of esters is 1. The van der Waals surface area contributed by atoms with Crippen molar-refractivity contribution in [3.63, 3.8) is 0 Å². The second-order valence-corrected chi connectivity index (χ2v) is 9.17. The summed E-state index contributed by atoms with van der Waals surface area (Å²) in [7, 11) is 1.53. The molecule has 0 aromatic rings. The van der Waals surface area contributed by atoms with Gasteiger partial charge in [0.25, 0.3) is 0 Å². The van der Waals surface area contributed by atoms with Crippen molar-refractivity contribution < 1.29 is 14.3 Å². The van der Waals surface area contributed by atoms with E-state index in [1.54, 1.807) is 0 Å². The van der Waals surface area contributed by atoms with E-state index in [1.807, 2.05) is 6.08 Å². The molecule has 0 N–H and O–H groups in total. The number of fused-ring (bicyclic) bond motifs is 5. The molecule has 0 saturated heterocycles. The van der Waals surface area contributed by atoms with Crippen molar-refractivity contribution >= 4 is 11.8 Å². The number of ketones is 1. The molecule has 4 rings (SSSR count). The summed E-state index contributed by atoms with van der Waals surface area (Å²) in [6.45, 7) is 4.76. The average Bonchev–Trinajstić information content (AvgIpc) is 2.92. The molecule has 3 fully saturated rings. The van der Waals surface area contributed by atoms with E-state index in [4.69, 9.17) is 4.74 Å². The average molecular weight is 330 g/mol. The standard InChI is InChI=1S/C21H30O3/c1-20-10-8-14(22)12-13(20)4-5-15-16-6-7-18(19(23)24-3)21(16,2)11-9-17(15)20/h12,15-18H,4-11H2,1-3H3/t15-,16+,17+,18-,20-,21-/m1/s1. The minimum absolute atomic E-state index is 0.00400. The molecule has 0 aromatic carbocycles. The maximum absolute atomic E-state index is 12.3. The van der Waals surface area contributed by atoms with Gasteiger partial charge >= 0.3 is 5.97 Å². The molecule has 0 bridgehead atoms. The molecule has 0 radical (unpaired) electrons. The normalized spacial score (nSPS) is 47.3. The van der Waals surface area contributed by atoms with Gasteiger partial charge in [0.1, 0.15) is 0 Å². The second-order valence-electron chi connectivity index (χ2n) is 9.17. The predicted octanol–water partition coefficient (Wildman–Crippen LogP) is 4.31. The van der Waals surface area contributed by atoms with Gasteiger partial charge in [-0.25, -0.2) is 0 Å². The molecule has 0 spiro atoms. The molecule has 0 aromatic heterocycles. The monoisotopic (exact) mass is 330 g/mol. The summed E-state index contributed by atoms with van der Waals surface area (Å²) in [5.74, 6) is 2.48. The minimum atomic E-state index is 0.00400. The Bertz CT molecular complexity index is 606. The first-order valence-electron chi connectivity index (χ1n) is 9.72. The Kier molecular flexibility index (Phi) is 3.71. The third-order valence-electron chi connectivity index (χ3n) is 8.45. The van der Waals surface area contributed by atoms with Crippen molar-refractivity contribution in [3.8, 4) is 0 Å². The number of carbonyl (C=O) groups is 2. The van der Waals surface area contributed by atoms with E-state index in [0.29, 0.717) is 23.5 Å². The minimum Gasteiger partial charge on any atom is -0.469 e. The van der Waals surface area contributed by atoms with Gasteiger partial charge in [-0.05, 0) is 79.6 Å². The third kappa shape index (κ3) is 2.09. The van der Waals surface area contributed by atoms with E-state index in [1.165, 1.54) is 31.9 Å². The van der Waals surface area contributed by atoms with E-state index < -0.39 is 0 Å². The fourth-order valence-electron chi connectivity index (χ4n) is 7.09. The van der Waals surface area contributed by atoms with Gasteiger partial charge in [0, 0.05) is 6.42 Å². The highest BCUT2D eigenvalue weighted by atomic mass is 16.5. The van der Waals surface area contributed by atoms with Crippen LogP contribution in [0.1, 0.15) is 65.2 Å². The van der Waals surface area contributed by atoms with Crippen molar-refractivity contribution in [1.29, 1.82) is 0 Å². The van der Waals surface area contributed by atoms with Crippen molar-refractivity contribution in [1.82, 2.24) is 0 Å². The first kappa shape index (κ1) is 16.4. The Morgan fingerprint density at radius 1 is 1.08 bits per heavy atom. The van der Waals surface area contributed by atoms with Crippen LogP contribution in [0.25, 0.3) is 0 Å². The molecular weight excluding hydrogens is 300 g/mol. The van der Waals surface area contributed by atoms with Crippen LogP contribution in [0, 0.1) is 34.5 Å². The summed E-state index contributed by atoms with van der Waals surface area (Å²) in [4.78, 5) is 24.2. The Morgan fingerprint density at radius 3 is 2.62 bits per heavy atom. The van der Waals surface area contributed by atoms with Gasteiger partial charge in [-0.1, -0.05) is 19.4 Å². The van der Waals surface area contributed by atoms with Crippen molar-refractivity contribution in [2.75, 3.05) is 7.11 Å². The van der Waals surface area contributed by atoms with Crippen LogP contribution in [-0.2, 0) is 14.3 Å². The highest BCUT2D eigenvalue weighted by Gasteiger charge is 2.60. The van der Waals surface area contributed by atoms with Gasteiger partial charge in [-0.3, -0.25) is 9.59 Å². The lowest BCUT2D eigenvalue weighted by atomic mass is 9.47. The van der Waals surface area contributed by atoms with Crippen LogP contribution in [0.3, 0.4) is 0 Å². The maximum atomic E-state index is 12.3. The Morgan fingerprint density at radius 2 is 1.88 bits per heavy atom. The molecular formula is C21H30O3. The van der Waals surface area contributed by atoms with Crippen LogP contribution < -0.4 is 0 Å². The summed E-state index contributed by atoms with van der Waals surface area (Å²) < 4.78 is 5.12. The Hall–Kier alpha value is -1.12. The Balaban J connectivity index is 1.65. The lowest BCUT2D eigenvalue weighted by Gasteiger charge is -2.57. The van der Waals surface area contributed by atoms with Crippen LogP contribution in [0.4, 0.5) is 0 Å². The molecule has 6 atom stereocenters. The molecule has 0 heterocycles. The number of hydrogen-bond donors (Lipinski definition) is 0. The number of ether oxygens (including phenoxy) is 1. The molecule has 0 aliphatic heterocycles. The topological polar surface area (TPSA) is 43.4 Å². The van der Waals surface area contributed by atoms with Crippen LogP contribution in [-0.4, -0.2) is 18.9 Å². The van der Waals surface area contributed by atoms with E-state index in [2.05, 4.69) is 13.8 Å². The molecule has 3 heteroatoms. The summed E-state index contributed by atoms with van der Waals surface area (Å²) in [6, 6.07) is 0. The molecule has 3 nitrogen and oxygen atoms in total. The molecule has 4 aliphatic carbocycles. The zero-order valence-electron chi connectivity index (χ0n) is 15.3. The SMILES string of the molecule is COC(=O)[C@H]1CC[C@H]2[C@H]3CCC4=CC(=O)CC[C@@]4(C)[C@H]3CC[C@@]12C. The highest BCUT2D eigenvalue weighted by Crippen LogP contribution is 2.66. The molecule has 132 valence electrons. The third-order valence-corrected chi connectivity index (χ3v) is 8.45. The molecule has 0 amide bonds. The van der Waals surface area contributed by atoms with Crippen LogP contribution in [0.15, 0.2) is 11.6 Å². The van der Waals surface area contributed by atoms with Crippen molar-refractivity contribution in [3.05, 3.63) is 11.6 Å². The zero-order valence-corrected chi connectivity index (χ0v) is 15.3. The summed E-state index contributed by atoms with van der Waals surface area (Å²) in [6.07, 6.45) is 10.5. The van der Waals surface area contributed by atoms with Crippen molar-refractivity contribution in [2.45, 2.75) is 65.2 Å². The number of methoxy groups -OCH3 is 1. The summed E-state index contributed by atoms with van der Waals surface area (Å²) in [5, 5.41) is 0. The fraction of sp³-hybridized carbons (Fsp3) is 0.810. The van der Waals surface area contributed by atoms with Gasteiger partial charge < -0.3 is 4.74 Å². The number of allylic oxidation sites excluding steroid dienone is 1.